The van der Waals surface area contributed by atoms with Crippen LogP contribution in [-0.2, 0) is 6.54 Å². The van der Waals surface area contributed by atoms with Gasteiger partial charge >= 0.3 is 5.69 Å². The first-order valence-corrected chi connectivity index (χ1v) is 8.74. The number of nitrogens with zero attached hydrogens (tertiary/aromatic N) is 6. The highest BCUT2D eigenvalue weighted by Crippen LogP contribution is 2.23. The third-order valence-electron chi connectivity index (χ3n) is 4.13. The van der Waals surface area contributed by atoms with E-state index in [1.54, 1.807) is 29.9 Å². The van der Waals surface area contributed by atoms with Gasteiger partial charge in [0.2, 0.25) is 5.69 Å². The fourth-order valence-corrected chi connectivity index (χ4v) is 2.68. The first kappa shape index (κ1) is 20.3. The van der Waals surface area contributed by atoms with Crippen LogP contribution in [-0.4, -0.2) is 47.6 Å². The zero-order chi connectivity index (χ0) is 21.8. The minimum absolute atomic E-state index is 0.171. The summed E-state index contributed by atoms with van der Waals surface area (Å²) in [5, 5.41) is 33.4. The van der Waals surface area contributed by atoms with Crippen LogP contribution in [0, 0.1) is 21.4 Å². The Labute approximate surface area is 169 Å². The summed E-state index contributed by atoms with van der Waals surface area (Å²) in [7, 11) is 0. The van der Waals surface area contributed by atoms with E-state index in [-0.39, 0.29) is 28.9 Å². The Morgan fingerprint density at radius 3 is 2.83 bits per heavy atom. The van der Waals surface area contributed by atoms with E-state index in [1.807, 2.05) is 0 Å². The molecule has 0 aromatic carbocycles. The van der Waals surface area contributed by atoms with Crippen molar-refractivity contribution in [1.82, 2.24) is 30.3 Å². The molecule has 0 spiro atoms. The van der Waals surface area contributed by atoms with E-state index in [0.29, 0.717) is 17.8 Å². The first-order valence-electron chi connectivity index (χ1n) is 8.74. The van der Waals surface area contributed by atoms with E-state index in [0.717, 1.165) is 0 Å². The number of aromatic amines is 1. The van der Waals surface area contributed by atoms with E-state index in [1.165, 1.54) is 25.3 Å². The number of carbonyl (C=O) groups is 2. The number of rotatable bonds is 7. The lowest BCUT2D eigenvalue weighted by molar-refractivity contribution is -0.385. The van der Waals surface area contributed by atoms with Crippen LogP contribution in [0.4, 0.5) is 5.69 Å². The summed E-state index contributed by atoms with van der Waals surface area (Å²) in [6.07, 6.45) is 3.00. The Morgan fingerprint density at radius 1 is 1.43 bits per heavy atom. The largest absolute Gasteiger partial charge is 0.346 e. The van der Waals surface area contributed by atoms with Crippen LogP contribution in [0.5, 0.6) is 0 Å². The second kappa shape index (κ2) is 8.31. The summed E-state index contributed by atoms with van der Waals surface area (Å²) < 4.78 is 1.57. The average Bonchev–Trinajstić information content (AvgIpc) is 3.37. The molecule has 0 aliphatic rings. The van der Waals surface area contributed by atoms with E-state index < -0.39 is 16.5 Å². The molecule has 3 aromatic rings. The number of carbonyl (C=O) groups excluding carboxylic acids is 2. The van der Waals surface area contributed by atoms with Crippen LogP contribution in [0.3, 0.4) is 0 Å². The van der Waals surface area contributed by atoms with Gasteiger partial charge in [-0.1, -0.05) is 0 Å². The van der Waals surface area contributed by atoms with Gasteiger partial charge in [0.25, 0.3) is 5.91 Å². The Kier molecular flexibility index (Phi) is 5.63. The molecule has 3 aromatic heterocycles. The molecule has 1 amide bonds. The van der Waals surface area contributed by atoms with Gasteiger partial charge in [-0.05, 0) is 19.1 Å². The molecule has 0 saturated heterocycles. The number of ketones is 1. The molecular weight excluding hydrogens is 392 g/mol. The molecule has 152 valence electrons. The normalized spacial score (nSPS) is 11.5. The lowest BCUT2D eigenvalue weighted by atomic mass is 10.2. The van der Waals surface area contributed by atoms with Crippen LogP contribution >= 0.6 is 0 Å². The van der Waals surface area contributed by atoms with Crippen molar-refractivity contribution >= 4 is 17.4 Å². The molecule has 2 N–H and O–H groups in total. The molecule has 0 aliphatic heterocycles. The number of hydrogen-bond acceptors (Lipinski definition) is 8. The summed E-state index contributed by atoms with van der Waals surface area (Å²) >= 11 is 0. The summed E-state index contributed by atoms with van der Waals surface area (Å²) in [6, 6.07) is 5.63. The predicted molar refractivity (Wildman–Crippen MR) is 102 cm³/mol. The zero-order valence-corrected chi connectivity index (χ0v) is 16.0. The maximum Gasteiger partial charge on any atom is 0.306 e. The summed E-state index contributed by atoms with van der Waals surface area (Å²) in [4.78, 5) is 37.8. The minimum atomic E-state index is -0.670. The maximum absolute atomic E-state index is 12.2. The lowest BCUT2D eigenvalue weighted by Crippen LogP contribution is -2.36. The number of amides is 1. The van der Waals surface area contributed by atoms with Crippen LogP contribution in [0.15, 0.2) is 30.6 Å². The molecule has 1 unspecified atom stereocenters. The Bertz CT molecular complexity index is 1170. The molecule has 12 nitrogen and oxygen atoms in total. The Balaban J connectivity index is 1.68. The molecule has 0 fully saturated rings. The maximum atomic E-state index is 12.2. The smallest absolute Gasteiger partial charge is 0.306 e. The van der Waals surface area contributed by atoms with Crippen LogP contribution in [0.2, 0.25) is 0 Å². The highest BCUT2D eigenvalue weighted by molar-refractivity contribution is 5.97. The molecule has 3 rings (SSSR count). The third-order valence-corrected chi connectivity index (χ3v) is 4.13. The number of nitriles is 1. The molecule has 12 heteroatoms. The second-order valence-electron chi connectivity index (χ2n) is 6.48. The number of Topliss-reactive ketones (excluding diaryl/α,β-unsaturated/α-hetero) is 1. The minimum Gasteiger partial charge on any atom is -0.346 e. The lowest BCUT2D eigenvalue weighted by Gasteiger charge is -2.13. The number of nitrogens with one attached hydrogen (secondary N) is 2. The van der Waals surface area contributed by atoms with Gasteiger partial charge < -0.3 is 5.32 Å². The van der Waals surface area contributed by atoms with Crippen molar-refractivity contribution in [2.45, 2.75) is 26.4 Å². The van der Waals surface area contributed by atoms with Gasteiger partial charge in [-0.2, -0.15) is 15.5 Å². The standard InChI is InChI=1S/C18H16N8O4/c1-10(21-18(28)15-6-14(11(2)27)22-23-15)9-25-4-3-13(24-25)12-5-17(26(29)30)16(7-19)20-8-12/h3-6,8,10H,9H2,1-2H3,(H,21,28)(H,22,23). The quantitative estimate of drug-likeness (QED) is 0.336. The van der Waals surface area contributed by atoms with Crippen LogP contribution in [0.25, 0.3) is 11.3 Å². The van der Waals surface area contributed by atoms with Gasteiger partial charge in [-0.15, -0.1) is 0 Å². The number of pyridine rings is 1. The van der Waals surface area contributed by atoms with Crippen molar-refractivity contribution in [3.05, 3.63) is 57.8 Å². The first-order chi connectivity index (χ1) is 14.3. The number of aromatic nitrogens is 5. The second-order valence-corrected chi connectivity index (χ2v) is 6.48. The molecule has 30 heavy (non-hydrogen) atoms. The van der Waals surface area contributed by atoms with Gasteiger partial charge in [0.05, 0.1) is 17.2 Å². The van der Waals surface area contributed by atoms with Gasteiger partial charge in [0.1, 0.15) is 17.5 Å². The summed E-state index contributed by atoms with van der Waals surface area (Å²) in [5.41, 5.74) is 0.512. The summed E-state index contributed by atoms with van der Waals surface area (Å²) in [5.74, 6) is -0.665. The van der Waals surface area contributed by atoms with E-state index in [2.05, 4.69) is 25.6 Å². The van der Waals surface area contributed by atoms with Crippen molar-refractivity contribution in [1.29, 1.82) is 5.26 Å². The number of nitro groups is 1. The zero-order valence-electron chi connectivity index (χ0n) is 16.0. The molecule has 0 bridgehead atoms. The van der Waals surface area contributed by atoms with Crippen molar-refractivity contribution < 1.29 is 14.5 Å². The topological polar surface area (TPSA) is 172 Å². The molecule has 0 aliphatic carbocycles. The van der Waals surface area contributed by atoms with Crippen LogP contribution < -0.4 is 5.32 Å². The molecule has 0 saturated carbocycles. The van der Waals surface area contributed by atoms with Crippen LogP contribution in [0.1, 0.15) is 40.5 Å². The number of hydrogen-bond donors (Lipinski definition) is 2. The SMILES string of the molecule is CC(=O)c1cc(C(=O)NC(C)Cn2ccc(-c3cnc(C#N)c([N+](=O)[O-])c3)n2)[nH]n1. The molecule has 3 heterocycles. The average molecular weight is 408 g/mol. The van der Waals surface area contributed by atoms with Gasteiger partial charge in [-0.3, -0.25) is 29.5 Å². The van der Waals surface area contributed by atoms with Gasteiger partial charge in [0, 0.05) is 37.0 Å². The van der Waals surface area contributed by atoms with E-state index >= 15 is 0 Å². The molecular formula is C18H16N8O4. The monoisotopic (exact) mass is 408 g/mol. The van der Waals surface area contributed by atoms with Gasteiger partial charge in [-0.25, -0.2) is 4.98 Å². The Hall–Kier alpha value is -4.40. The van der Waals surface area contributed by atoms with Gasteiger partial charge in [0.15, 0.2) is 5.78 Å². The van der Waals surface area contributed by atoms with E-state index in [4.69, 9.17) is 5.26 Å². The highest BCUT2D eigenvalue weighted by atomic mass is 16.6. The fraction of sp³-hybridized carbons (Fsp3) is 0.222. The fourth-order valence-electron chi connectivity index (χ4n) is 2.68. The highest BCUT2D eigenvalue weighted by Gasteiger charge is 2.18. The molecule has 0 radical (unpaired) electrons. The van der Waals surface area contributed by atoms with Crippen molar-refractivity contribution in [2.24, 2.45) is 0 Å². The van der Waals surface area contributed by atoms with E-state index in [9.17, 15) is 19.7 Å². The van der Waals surface area contributed by atoms with Crippen molar-refractivity contribution in [2.75, 3.05) is 0 Å². The van der Waals surface area contributed by atoms with Crippen molar-refractivity contribution in [3.8, 4) is 17.3 Å². The summed E-state index contributed by atoms with van der Waals surface area (Å²) in [6.45, 7) is 3.45. The van der Waals surface area contributed by atoms with Crippen molar-refractivity contribution in [3.63, 3.8) is 0 Å². The molecule has 1 atom stereocenters. The third kappa shape index (κ3) is 4.36. The number of H-pyrrole nitrogens is 1. The Morgan fingerprint density at radius 2 is 2.20 bits per heavy atom. The predicted octanol–water partition coefficient (Wildman–Crippen LogP) is 1.47.